The van der Waals surface area contributed by atoms with Gasteiger partial charge in [0, 0.05) is 6.07 Å². The predicted molar refractivity (Wildman–Crippen MR) is 64.1 cm³/mol. The topological polar surface area (TPSA) is 71.5 Å². The van der Waals surface area contributed by atoms with E-state index in [4.69, 9.17) is 9.47 Å². The highest BCUT2D eigenvalue weighted by Gasteiger charge is 2.12. The van der Waals surface area contributed by atoms with Crippen LogP contribution in [0.4, 0.5) is 0 Å². The van der Waals surface area contributed by atoms with Gasteiger partial charge in [-0.05, 0) is 13.0 Å². The molecule has 0 amide bonds. The highest BCUT2D eigenvalue weighted by molar-refractivity contribution is 5.84. The van der Waals surface area contributed by atoms with Crippen molar-refractivity contribution in [3.63, 3.8) is 0 Å². The molecule has 0 fully saturated rings. The van der Waals surface area contributed by atoms with E-state index in [0.717, 1.165) is 0 Å². The fourth-order valence-electron chi connectivity index (χ4n) is 1.73. The van der Waals surface area contributed by atoms with Crippen LogP contribution in [0.2, 0.25) is 0 Å². The first-order valence-electron chi connectivity index (χ1n) is 5.06. The molecule has 5 nitrogen and oxygen atoms in total. The molecule has 1 heterocycles. The first kappa shape index (κ1) is 11.3. The van der Waals surface area contributed by atoms with E-state index in [-0.39, 0.29) is 5.75 Å². The quantitative estimate of drug-likeness (QED) is 0.828. The molecule has 90 valence electrons. The smallest absolute Gasteiger partial charge is 0.231 e. The number of aryl methyl sites for hydroxylation is 1. The Bertz CT molecular complexity index is 630. The molecule has 0 saturated carbocycles. The summed E-state index contributed by atoms with van der Waals surface area (Å²) in [6.07, 6.45) is 0. The van der Waals surface area contributed by atoms with Crippen LogP contribution in [-0.4, -0.2) is 24.3 Å². The second kappa shape index (κ2) is 4.01. The molecule has 2 rings (SSSR count). The first-order valence-corrected chi connectivity index (χ1v) is 5.06. The van der Waals surface area contributed by atoms with E-state index in [1.165, 1.54) is 14.2 Å². The van der Waals surface area contributed by atoms with Crippen molar-refractivity contribution in [2.75, 3.05) is 14.2 Å². The summed E-state index contributed by atoms with van der Waals surface area (Å²) in [6.45, 7) is 1.63. The van der Waals surface area contributed by atoms with Crippen LogP contribution in [0.25, 0.3) is 10.9 Å². The number of aromatic nitrogens is 1. The van der Waals surface area contributed by atoms with Gasteiger partial charge >= 0.3 is 0 Å². The molecule has 0 unspecified atom stereocenters. The summed E-state index contributed by atoms with van der Waals surface area (Å²) in [7, 11) is 3.01. The van der Waals surface area contributed by atoms with Gasteiger partial charge in [0.15, 0.2) is 17.2 Å². The van der Waals surface area contributed by atoms with Crippen molar-refractivity contribution < 1.29 is 14.6 Å². The number of ether oxygens (including phenoxy) is 2. The lowest BCUT2D eigenvalue weighted by atomic mass is 10.1. The fraction of sp³-hybridized carbons (Fsp3) is 0.250. The number of fused-ring (bicyclic) bond motifs is 1. The molecular formula is C12H13NO4. The third kappa shape index (κ3) is 1.69. The summed E-state index contributed by atoms with van der Waals surface area (Å²) < 4.78 is 10.3. The van der Waals surface area contributed by atoms with Crippen molar-refractivity contribution in [3.8, 4) is 17.2 Å². The monoisotopic (exact) mass is 235 g/mol. The zero-order valence-corrected chi connectivity index (χ0v) is 9.83. The maximum absolute atomic E-state index is 11.9. The minimum absolute atomic E-state index is 0.273. The molecule has 0 aliphatic heterocycles. The summed E-state index contributed by atoms with van der Waals surface area (Å²) in [5.74, 6) is 0.708. The van der Waals surface area contributed by atoms with Crippen LogP contribution in [0.5, 0.6) is 17.2 Å². The van der Waals surface area contributed by atoms with Crippen molar-refractivity contribution in [2.24, 2.45) is 0 Å². The van der Waals surface area contributed by atoms with Crippen LogP contribution in [-0.2, 0) is 0 Å². The Labute approximate surface area is 97.6 Å². The van der Waals surface area contributed by atoms with Gasteiger partial charge in [0.25, 0.3) is 0 Å². The minimum atomic E-state index is -0.419. The molecule has 0 spiro atoms. The van der Waals surface area contributed by atoms with Gasteiger partial charge in [-0.2, -0.15) is 0 Å². The van der Waals surface area contributed by atoms with E-state index in [2.05, 4.69) is 4.98 Å². The third-order valence-electron chi connectivity index (χ3n) is 2.66. The van der Waals surface area contributed by atoms with Crippen molar-refractivity contribution in [1.82, 2.24) is 4.98 Å². The van der Waals surface area contributed by atoms with Crippen molar-refractivity contribution in [1.29, 1.82) is 0 Å². The van der Waals surface area contributed by atoms with Crippen LogP contribution < -0.4 is 14.9 Å². The van der Waals surface area contributed by atoms with Gasteiger partial charge in [-0.25, -0.2) is 0 Å². The van der Waals surface area contributed by atoms with E-state index in [0.29, 0.717) is 28.1 Å². The Morgan fingerprint density at radius 3 is 2.35 bits per heavy atom. The van der Waals surface area contributed by atoms with Gasteiger partial charge in [0.05, 0.1) is 30.8 Å². The highest BCUT2D eigenvalue weighted by atomic mass is 16.5. The first-order chi connectivity index (χ1) is 8.08. The lowest BCUT2D eigenvalue weighted by Crippen LogP contribution is -2.05. The molecule has 1 aromatic heterocycles. The summed E-state index contributed by atoms with van der Waals surface area (Å²) in [4.78, 5) is 14.8. The number of pyridine rings is 1. The van der Waals surface area contributed by atoms with Crippen LogP contribution in [0, 0.1) is 6.92 Å². The molecule has 0 aliphatic carbocycles. The molecule has 0 bridgehead atoms. The average Bonchev–Trinajstić information content (AvgIpc) is 2.34. The minimum Gasteiger partial charge on any atom is -0.503 e. The van der Waals surface area contributed by atoms with Gasteiger partial charge in [0.2, 0.25) is 5.43 Å². The Morgan fingerprint density at radius 2 is 1.76 bits per heavy atom. The van der Waals surface area contributed by atoms with Crippen molar-refractivity contribution in [3.05, 3.63) is 28.0 Å². The average molecular weight is 235 g/mol. The van der Waals surface area contributed by atoms with E-state index in [1.807, 2.05) is 0 Å². The van der Waals surface area contributed by atoms with Gasteiger partial charge in [-0.3, -0.25) is 4.79 Å². The molecule has 2 aromatic rings. The fourth-order valence-corrected chi connectivity index (χ4v) is 1.73. The molecule has 0 radical (unpaired) electrons. The number of H-pyrrole nitrogens is 1. The zero-order chi connectivity index (χ0) is 12.6. The Morgan fingerprint density at radius 1 is 1.18 bits per heavy atom. The van der Waals surface area contributed by atoms with Gasteiger partial charge in [0.1, 0.15) is 0 Å². The maximum atomic E-state index is 11.9. The molecule has 1 aromatic carbocycles. The van der Waals surface area contributed by atoms with Crippen LogP contribution in [0.3, 0.4) is 0 Å². The Hall–Kier alpha value is -2.17. The third-order valence-corrected chi connectivity index (χ3v) is 2.66. The SMILES string of the molecule is COc1cc2[nH]c(C)c(O)c(=O)c2cc1OC. The second-order valence-corrected chi connectivity index (χ2v) is 3.68. The summed E-state index contributed by atoms with van der Waals surface area (Å²) >= 11 is 0. The molecule has 0 aliphatic rings. The standard InChI is InChI=1S/C12H13NO4/c1-6-11(14)12(15)7-4-9(16-2)10(17-3)5-8(7)13-6/h4-5,14H,1-3H3,(H,13,15). The molecule has 17 heavy (non-hydrogen) atoms. The van der Waals surface area contributed by atoms with E-state index >= 15 is 0 Å². The number of benzene rings is 1. The molecular weight excluding hydrogens is 222 g/mol. The number of aromatic amines is 1. The van der Waals surface area contributed by atoms with Crippen LogP contribution in [0.1, 0.15) is 5.69 Å². The Balaban J connectivity index is 2.88. The molecule has 0 saturated heterocycles. The normalized spacial score (nSPS) is 10.5. The van der Waals surface area contributed by atoms with E-state index in [1.54, 1.807) is 19.1 Å². The number of hydrogen-bond acceptors (Lipinski definition) is 4. The summed E-state index contributed by atoms with van der Waals surface area (Å²) in [5, 5.41) is 9.95. The number of nitrogens with one attached hydrogen (secondary N) is 1. The molecule has 0 atom stereocenters. The lowest BCUT2D eigenvalue weighted by molar-refractivity contribution is 0.355. The highest BCUT2D eigenvalue weighted by Crippen LogP contribution is 2.31. The summed E-state index contributed by atoms with van der Waals surface area (Å²) in [5.41, 5.74) is 0.606. The zero-order valence-electron chi connectivity index (χ0n) is 9.83. The maximum Gasteiger partial charge on any atom is 0.231 e. The van der Waals surface area contributed by atoms with Gasteiger partial charge in [-0.15, -0.1) is 0 Å². The number of hydrogen-bond donors (Lipinski definition) is 2. The second-order valence-electron chi connectivity index (χ2n) is 3.68. The molecule has 2 N–H and O–H groups in total. The van der Waals surface area contributed by atoms with Crippen molar-refractivity contribution >= 4 is 10.9 Å². The lowest BCUT2D eigenvalue weighted by Gasteiger charge is -2.09. The van der Waals surface area contributed by atoms with E-state index in [9.17, 15) is 9.90 Å². The molecule has 5 heteroatoms. The van der Waals surface area contributed by atoms with E-state index < -0.39 is 5.43 Å². The predicted octanol–water partition coefficient (Wildman–Crippen LogP) is 1.56. The summed E-state index contributed by atoms with van der Waals surface area (Å²) in [6, 6.07) is 3.22. The largest absolute Gasteiger partial charge is 0.503 e. The number of methoxy groups -OCH3 is 2. The Kier molecular flexibility index (Phi) is 2.67. The van der Waals surface area contributed by atoms with Crippen LogP contribution >= 0.6 is 0 Å². The van der Waals surface area contributed by atoms with Gasteiger partial charge < -0.3 is 19.6 Å². The van der Waals surface area contributed by atoms with Crippen molar-refractivity contribution in [2.45, 2.75) is 6.92 Å². The number of rotatable bonds is 2. The van der Waals surface area contributed by atoms with Crippen LogP contribution in [0.15, 0.2) is 16.9 Å². The van der Waals surface area contributed by atoms with Gasteiger partial charge in [-0.1, -0.05) is 0 Å². The number of aromatic hydroxyl groups is 1.